The van der Waals surface area contributed by atoms with Crippen molar-refractivity contribution in [1.82, 2.24) is 0 Å². The average molecular weight is 281 g/mol. The zero-order chi connectivity index (χ0) is 13.8. The van der Waals surface area contributed by atoms with E-state index in [1.165, 1.54) is 17.4 Å². The number of nitro benzene ring substituents is 1. The second-order valence-electron chi connectivity index (χ2n) is 3.53. The molecule has 98 valence electrons. The van der Waals surface area contributed by atoms with E-state index in [9.17, 15) is 19.3 Å². The summed E-state index contributed by atoms with van der Waals surface area (Å²) in [7, 11) is 0. The number of nitro groups is 1. The highest BCUT2D eigenvalue weighted by Gasteiger charge is 2.20. The van der Waals surface area contributed by atoms with E-state index in [0.717, 1.165) is 12.1 Å². The number of rotatable bonds is 5. The fourth-order valence-electron chi connectivity index (χ4n) is 1.43. The summed E-state index contributed by atoms with van der Waals surface area (Å²) in [6.07, 6.45) is 0. The third-order valence-corrected chi connectivity index (χ3v) is 3.20. The van der Waals surface area contributed by atoms with Crippen LogP contribution in [0.4, 0.5) is 10.1 Å². The third-order valence-electron chi connectivity index (χ3n) is 2.29. The van der Waals surface area contributed by atoms with Gasteiger partial charge in [-0.05, 0) is 17.5 Å². The van der Waals surface area contributed by atoms with Gasteiger partial charge in [-0.2, -0.15) is 0 Å². The lowest BCUT2D eigenvalue weighted by Gasteiger charge is -2.06. The Balaban J connectivity index is 2.16. The van der Waals surface area contributed by atoms with Crippen LogP contribution in [0.25, 0.3) is 0 Å². The normalized spacial score (nSPS) is 10.2. The lowest BCUT2D eigenvalue weighted by Crippen LogP contribution is -2.11. The van der Waals surface area contributed by atoms with Crippen LogP contribution in [0.5, 0.6) is 5.75 Å². The van der Waals surface area contributed by atoms with Crippen LogP contribution in [0.15, 0.2) is 35.7 Å². The lowest BCUT2D eigenvalue weighted by atomic mass is 10.3. The predicted molar refractivity (Wildman–Crippen MR) is 67.2 cm³/mol. The molecule has 0 radical (unpaired) electrons. The Bertz CT molecular complexity index is 612. The molecule has 0 spiro atoms. The second kappa shape index (κ2) is 5.57. The van der Waals surface area contributed by atoms with Gasteiger partial charge in [0, 0.05) is 6.07 Å². The third kappa shape index (κ3) is 2.94. The zero-order valence-electron chi connectivity index (χ0n) is 9.54. The maximum absolute atomic E-state index is 13.5. The Morgan fingerprint density at radius 2 is 2.16 bits per heavy atom. The number of carbonyl (C=O) groups is 1. The SMILES string of the molecule is O=C(COc1c(F)cccc1[N+](=O)[O-])c1cccs1. The van der Waals surface area contributed by atoms with Crippen LogP contribution in [0.1, 0.15) is 9.67 Å². The van der Waals surface area contributed by atoms with Gasteiger partial charge >= 0.3 is 5.69 Å². The number of carbonyl (C=O) groups excluding carboxylic acids is 1. The number of thiophene rings is 1. The van der Waals surface area contributed by atoms with Gasteiger partial charge in [0.25, 0.3) is 0 Å². The number of hydrogen-bond donors (Lipinski definition) is 0. The number of Topliss-reactive ketones (excluding diaryl/α,β-unsaturated/α-hetero) is 1. The Morgan fingerprint density at radius 3 is 2.79 bits per heavy atom. The number of nitrogens with zero attached hydrogens (tertiary/aromatic N) is 1. The maximum atomic E-state index is 13.5. The summed E-state index contributed by atoms with van der Waals surface area (Å²) in [6.45, 7) is -0.442. The number of ketones is 1. The van der Waals surface area contributed by atoms with Gasteiger partial charge in [0.2, 0.25) is 11.5 Å². The van der Waals surface area contributed by atoms with E-state index in [1.807, 2.05) is 0 Å². The van der Waals surface area contributed by atoms with E-state index in [-0.39, 0.29) is 5.78 Å². The van der Waals surface area contributed by atoms with E-state index in [0.29, 0.717) is 4.88 Å². The molecule has 0 N–H and O–H groups in total. The molecule has 1 heterocycles. The van der Waals surface area contributed by atoms with Crippen molar-refractivity contribution in [3.05, 3.63) is 56.5 Å². The number of hydrogen-bond acceptors (Lipinski definition) is 5. The van der Waals surface area contributed by atoms with E-state index >= 15 is 0 Å². The summed E-state index contributed by atoms with van der Waals surface area (Å²) in [4.78, 5) is 22.1. The predicted octanol–water partition coefficient (Wildman–Crippen LogP) is 3.06. The maximum Gasteiger partial charge on any atom is 0.314 e. The number of benzene rings is 1. The van der Waals surface area contributed by atoms with Crippen molar-refractivity contribution in [3.8, 4) is 5.75 Å². The fourth-order valence-corrected chi connectivity index (χ4v) is 2.08. The molecule has 0 amide bonds. The molecule has 0 fully saturated rings. The van der Waals surface area contributed by atoms with Gasteiger partial charge in [0.15, 0.2) is 12.4 Å². The van der Waals surface area contributed by atoms with Gasteiger partial charge in [-0.1, -0.05) is 12.1 Å². The van der Waals surface area contributed by atoms with Gasteiger partial charge in [-0.25, -0.2) is 4.39 Å². The van der Waals surface area contributed by atoms with Crippen LogP contribution >= 0.6 is 11.3 Å². The van der Waals surface area contributed by atoms with Crippen molar-refractivity contribution >= 4 is 22.8 Å². The highest BCUT2D eigenvalue weighted by molar-refractivity contribution is 7.12. The van der Waals surface area contributed by atoms with Crippen molar-refractivity contribution in [2.24, 2.45) is 0 Å². The van der Waals surface area contributed by atoms with Crippen molar-refractivity contribution < 1.29 is 18.8 Å². The first-order valence-electron chi connectivity index (χ1n) is 5.22. The van der Waals surface area contributed by atoms with Crippen LogP contribution in [0, 0.1) is 15.9 Å². The van der Waals surface area contributed by atoms with Crippen LogP contribution in [-0.2, 0) is 0 Å². The largest absolute Gasteiger partial charge is 0.476 e. The van der Waals surface area contributed by atoms with Crippen molar-refractivity contribution in [2.45, 2.75) is 0 Å². The molecule has 7 heteroatoms. The van der Waals surface area contributed by atoms with Crippen molar-refractivity contribution in [1.29, 1.82) is 0 Å². The molecule has 5 nitrogen and oxygen atoms in total. The van der Waals surface area contributed by atoms with Gasteiger partial charge < -0.3 is 4.74 Å². The van der Waals surface area contributed by atoms with Crippen molar-refractivity contribution in [3.63, 3.8) is 0 Å². The van der Waals surface area contributed by atoms with E-state index in [4.69, 9.17) is 4.74 Å². The number of halogens is 1. The molecule has 1 aromatic heterocycles. The second-order valence-corrected chi connectivity index (χ2v) is 4.48. The highest BCUT2D eigenvalue weighted by atomic mass is 32.1. The molecular weight excluding hydrogens is 273 g/mol. The summed E-state index contributed by atoms with van der Waals surface area (Å²) in [5.41, 5.74) is -0.501. The molecule has 0 aliphatic heterocycles. The van der Waals surface area contributed by atoms with E-state index in [2.05, 4.69) is 0 Å². The van der Waals surface area contributed by atoms with Crippen LogP contribution < -0.4 is 4.74 Å². The topological polar surface area (TPSA) is 69.4 Å². The molecular formula is C12H8FNO4S. The zero-order valence-corrected chi connectivity index (χ0v) is 10.4. The molecule has 0 aliphatic carbocycles. The Hall–Kier alpha value is -2.28. The highest BCUT2D eigenvalue weighted by Crippen LogP contribution is 2.29. The summed E-state index contributed by atoms with van der Waals surface area (Å²) in [6, 6.07) is 6.67. The fraction of sp³-hybridized carbons (Fsp3) is 0.0833. The van der Waals surface area contributed by atoms with Crippen LogP contribution in [-0.4, -0.2) is 17.3 Å². The van der Waals surface area contributed by atoms with Gasteiger partial charge in [0.05, 0.1) is 9.80 Å². The monoisotopic (exact) mass is 281 g/mol. The molecule has 1 aromatic carbocycles. The molecule has 2 aromatic rings. The minimum atomic E-state index is -0.867. The first-order chi connectivity index (χ1) is 9.09. The minimum absolute atomic E-state index is 0.354. The van der Waals surface area contributed by atoms with Gasteiger partial charge in [0.1, 0.15) is 0 Å². The van der Waals surface area contributed by atoms with E-state index in [1.54, 1.807) is 17.5 Å². The summed E-state index contributed by atoms with van der Waals surface area (Å²) in [5.74, 6) is -1.74. The lowest BCUT2D eigenvalue weighted by molar-refractivity contribution is -0.386. The molecule has 2 rings (SSSR count). The van der Waals surface area contributed by atoms with Gasteiger partial charge in [-0.3, -0.25) is 14.9 Å². The standard InChI is InChI=1S/C12H8FNO4S/c13-8-3-1-4-9(14(16)17)12(8)18-7-10(15)11-5-2-6-19-11/h1-6H,7H2. The first kappa shape index (κ1) is 13.2. The summed E-state index contributed by atoms with van der Waals surface area (Å²) >= 11 is 1.22. The molecule has 0 bridgehead atoms. The average Bonchev–Trinajstić information content (AvgIpc) is 2.90. The molecule has 0 atom stereocenters. The van der Waals surface area contributed by atoms with Crippen molar-refractivity contribution in [2.75, 3.05) is 6.61 Å². The Kier molecular flexibility index (Phi) is 3.86. The molecule has 0 saturated heterocycles. The van der Waals surface area contributed by atoms with Gasteiger partial charge in [-0.15, -0.1) is 11.3 Å². The Labute approximate surface area is 111 Å². The smallest absolute Gasteiger partial charge is 0.314 e. The Morgan fingerprint density at radius 1 is 1.37 bits per heavy atom. The quantitative estimate of drug-likeness (QED) is 0.480. The van der Waals surface area contributed by atoms with Crippen LogP contribution in [0.2, 0.25) is 0 Å². The minimum Gasteiger partial charge on any atom is -0.476 e. The number of para-hydroxylation sites is 1. The number of ether oxygens (including phenoxy) is 1. The van der Waals surface area contributed by atoms with Crippen LogP contribution in [0.3, 0.4) is 0 Å². The summed E-state index contributed by atoms with van der Waals surface area (Å²) < 4.78 is 18.4. The first-order valence-corrected chi connectivity index (χ1v) is 6.10. The molecule has 19 heavy (non-hydrogen) atoms. The molecule has 0 unspecified atom stereocenters. The van der Waals surface area contributed by atoms with E-state index < -0.39 is 28.8 Å². The molecule has 0 aliphatic rings. The molecule has 0 saturated carbocycles. The summed E-state index contributed by atoms with van der Waals surface area (Å²) in [5, 5.41) is 12.4.